The van der Waals surface area contributed by atoms with Gasteiger partial charge in [-0.05, 0) is 19.1 Å². The van der Waals surface area contributed by atoms with E-state index in [4.69, 9.17) is 4.74 Å². The molecule has 2 aromatic rings. The number of nitrogens with zero attached hydrogens (tertiary/aromatic N) is 3. The van der Waals surface area contributed by atoms with Gasteiger partial charge in [0.2, 0.25) is 0 Å². The molecule has 0 bridgehead atoms. The van der Waals surface area contributed by atoms with Crippen molar-refractivity contribution in [1.82, 2.24) is 15.3 Å². The topological polar surface area (TPSA) is 67.4 Å². The summed E-state index contributed by atoms with van der Waals surface area (Å²) in [5.74, 6) is 0.598. The minimum Gasteiger partial charge on any atom is -0.378 e. The highest BCUT2D eigenvalue weighted by atomic mass is 32.1. The molecule has 1 amide bonds. The van der Waals surface area contributed by atoms with Crippen molar-refractivity contribution in [1.29, 1.82) is 0 Å². The van der Waals surface area contributed by atoms with Crippen molar-refractivity contribution in [3.05, 3.63) is 40.0 Å². The summed E-state index contributed by atoms with van der Waals surface area (Å²) in [6.45, 7) is 5.21. The third kappa shape index (κ3) is 3.42. The molecule has 3 rings (SSSR count). The van der Waals surface area contributed by atoms with Gasteiger partial charge < -0.3 is 15.0 Å². The lowest BCUT2D eigenvalue weighted by Crippen LogP contribution is -2.38. The van der Waals surface area contributed by atoms with Crippen LogP contribution in [0.3, 0.4) is 0 Å². The number of nitrogens with one attached hydrogen (secondary N) is 1. The van der Waals surface area contributed by atoms with E-state index in [2.05, 4.69) is 20.2 Å². The third-order valence-electron chi connectivity index (χ3n) is 3.41. The van der Waals surface area contributed by atoms with Crippen LogP contribution in [0.15, 0.2) is 23.7 Å². The molecule has 0 aromatic carbocycles. The van der Waals surface area contributed by atoms with Crippen molar-refractivity contribution >= 4 is 23.1 Å². The van der Waals surface area contributed by atoms with Gasteiger partial charge in [-0.2, -0.15) is 0 Å². The van der Waals surface area contributed by atoms with Gasteiger partial charge in [0.25, 0.3) is 5.91 Å². The number of anilines is 1. The second-order valence-electron chi connectivity index (χ2n) is 5.04. The maximum Gasteiger partial charge on any atom is 0.255 e. The molecule has 7 heteroatoms. The molecule has 2 aromatic heterocycles. The predicted molar refractivity (Wildman–Crippen MR) is 85.3 cm³/mol. The van der Waals surface area contributed by atoms with Crippen LogP contribution < -0.4 is 10.2 Å². The first-order valence-electron chi connectivity index (χ1n) is 7.21. The molecular weight excluding hydrogens is 300 g/mol. The molecule has 0 aliphatic carbocycles. The molecule has 3 heterocycles. The summed E-state index contributed by atoms with van der Waals surface area (Å²) in [5.41, 5.74) is 1.57. The standard InChI is InChI=1S/C15H18N4O2S/c1-11-10-22-13(18-11)9-17-15(20)12-3-2-4-16-14(12)19-5-7-21-8-6-19/h2-4,10H,5-9H2,1H3,(H,17,20). The molecule has 1 aliphatic heterocycles. The molecule has 0 atom stereocenters. The van der Waals surface area contributed by atoms with Crippen LogP contribution in [0.1, 0.15) is 21.1 Å². The number of thiazole rings is 1. The van der Waals surface area contributed by atoms with Crippen molar-refractivity contribution in [2.75, 3.05) is 31.2 Å². The Hall–Kier alpha value is -1.99. The molecule has 116 valence electrons. The first-order chi connectivity index (χ1) is 10.7. The molecule has 1 aliphatic rings. The number of hydrogen-bond donors (Lipinski definition) is 1. The Balaban J connectivity index is 1.71. The Labute approximate surface area is 133 Å². The van der Waals surface area contributed by atoms with E-state index in [9.17, 15) is 4.79 Å². The number of amides is 1. The summed E-state index contributed by atoms with van der Waals surface area (Å²) >= 11 is 1.55. The number of rotatable bonds is 4. The van der Waals surface area contributed by atoms with Crippen molar-refractivity contribution in [2.24, 2.45) is 0 Å². The van der Waals surface area contributed by atoms with Crippen molar-refractivity contribution in [2.45, 2.75) is 13.5 Å². The smallest absolute Gasteiger partial charge is 0.255 e. The van der Waals surface area contributed by atoms with Crippen LogP contribution in [0.2, 0.25) is 0 Å². The average molecular weight is 318 g/mol. The lowest BCUT2D eigenvalue weighted by atomic mass is 10.2. The van der Waals surface area contributed by atoms with E-state index in [1.54, 1.807) is 29.7 Å². The molecule has 1 N–H and O–H groups in total. The van der Waals surface area contributed by atoms with Crippen LogP contribution in [0.4, 0.5) is 5.82 Å². The van der Waals surface area contributed by atoms with Crippen LogP contribution in [0.25, 0.3) is 0 Å². The van der Waals surface area contributed by atoms with E-state index in [1.165, 1.54) is 0 Å². The van der Waals surface area contributed by atoms with Crippen molar-refractivity contribution < 1.29 is 9.53 Å². The summed E-state index contributed by atoms with van der Waals surface area (Å²) in [5, 5.41) is 5.80. The second kappa shape index (κ2) is 6.85. The Morgan fingerprint density at radius 3 is 3.00 bits per heavy atom. The molecule has 22 heavy (non-hydrogen) atoms. The Kier molecular flexibility index (Phi) is 4.65. The molecule has 1 fully saturated rings. The normalized spacial score (nSPS) is 14.9. The summed E-state index contributed by atoms with van der Waals surface area (Å²) < 4.78 is 5.35. The first kappa shape index (κ1) is 14.9. The highest BCUT2D eigenvalue weighted by Gasteiger charge is 2.19. The van der Waals surface area contributed by atoms with E-state index in [1.807, 2.05) is 12.3 Å². The number of ether oxygens (including phenoxy) is 1. The molecule has 0 saturated carbocycles. The quantitative estimate of drug-likeness (QED) is 0.928. The number of pyridine rings is 1. The van der Waals surface area contributed by atoms with Gasteiger partial charge in [0.05, 0.1) is 25.3 Å². The number of aromatic nitrogens is 2. The number of hydrogen-bond acceptors (Lipinski definition) is 6. The van der Waals surface area contributed by atoms with Crippen LogP contribution in [-0.4, -0.2) is 42.2 Å². The third-order valence-corrected chi connectivity index (χ3v) is 4.38. The van der Waals surface area contributed by atoms with Crippen LogP contribution in [-0.2, 0) is 11.3 Å². The van der Waals surface area contributed by atoms with E-state index in [0.29, 0.717) is 25.3 Å². The lowest BCUT2D eigenvalue weighted by Gasteiger charge is -2.29. The first-order valence-corrected chi connectivity index (χ1v) is 8.09. The van der Waals surface area contributed by atoms with E-state index < -0.39 is 0 Å². The number of aryl methyl sites for hydroxylation is 1. The zero-order valence-electron chi connectivity index (χ0n) is 12.4. The summed E-state index contributed by atoms with van der Waals surface area (Å²) in [4.78, 5) is 23.3. The van der Waals surface area contributed by atoms with Gasteiger partial charge in [-0.3, -0.25) is 4.79 Å². The van der Waals surface area contributed by atoms with Crippen LogP contribution >= 0.6 is 11.3 Å². The van der Waals surface area contributed by atoms with Gasteiger partial charge >= 0.3 is 0 Å². The van der Waals surface area contributed by atoms with Gasteiger partial charge in [-0.15, -0.1) is 11.3 Å². The molecule has 0 radical (unpaired) electrons. The monoisotopic (exact) mass is 318 g/mol. The predicted octanol–water partition coefficient (Wildman–Crippen LogP) is 1.61. The maximum absolute atomic E-state index is 12.5. The molecule has 0 spiro atoms. The van der Waals surface area contributed by atoms with E-state index in [0.717, 1.165) is 29.6 Å². The fourth-order valence-corrected chi connectivity index (χ4v) is 3.05. The molecule has 0 unspecified atom stereocenters. The van der Waals surface area contributed by atoms with Gasteiger partial charge in [-0.25, -0.2) is 9.97 Å². The van der Waals surface area contributed by atoms with Gasteiger partial charge in [0, 0.05) is 30.4 Å². The second-order valence-corrected chi connectivity index (χ2v) is 5.98. The van der Waals surface area contributed by atoms with Crippen LogP contribution in [0, 0.1) is 6.92 Å². The Morgan fingerprint density at radius 1 is 1.45 bits per heavy atom. The van der Waals surface area contributed by atoms with Gasteiger partial charge in [0.1, 0.15) is 10.8 Å². The fraction of sp³-hybridized carbons (Fsp3) is 0.400. The SMILES string of the molecule is Cc1csc(CNC(=O)c2cccnc2N2CCOCC2)n1. The summed E-state index contributed by atoms with van der Waals surface area (Å²) in [7, 11) is 0. The summed E-state index contributed by atoms with van der Waals surface area (Å²) in [6.07, 6.45) is 1.71. The number of morpholine rings is 1. The molecule has 6 nitrogen and oxygen atoms in total. The van der Waals surface area contributed by atoms with Crippen LogP contribution in [0.5, 0.6) is 0 Å². The van der Waals surface area contributed by atoms with Gasteiger partial charge in [0.15, 0.2) is 0 Å². The minimum absolute atomic E-state index is 0.123. The van der Waals surface area contributed by atoms with Crippen molar-refractivity contribution in [3.63, 3.8) is 0 Å². The van der Waals surface area contributed by atoms with Gasteiger partial charge in [-0.1, -0.05) is 0 Å². The summed E-state index contributed by atoms with van der Waals surface area (Å²) in [6, 6.07) is 3.59. The zero-order valence-corrected chi connectivity index (χ0v) is 13.2. The highest BCUT2D eigenvalue weighted by Crippen LogP contribution is 2.18. The lowest BCUT2D eigenvalue weighted by molar-refractivity contribution is 0.0949. The average Bonchev–Trinajstić information content (AvgIpc) is 2.99. The molecule has 1 saturated heterocycles. The number of carbonyl (C=O) groups is 1. The molecular formula is C15H18N4O2S. The van der Waals surface area contributed by atoms with E-state index >= 15 is 0 Å². The minimum atomic E-state index is -0.123. The van der Waals surface area contributed by atoms with Crippen molar-refractivity contribution in [3.8, 4) is 0 Å². The maximum atomic E-state index is 12.5. The Morgan fingerprint density at radius 2 is 2.27 bits per heavy atom. The highest BCUT2D eigenvalue weighted by molar-refractivity contribution is 7.09. The fourth-order valence-electron chi connectivity index (χ4n) is 2.34. The zero-order chi connectivity index (χ0) is 15.4. The Bertz CT molecular complexity index is 652. The largest absolute Gasteiger partial charge is 0.378 e. The number of carbonyl (C=O) groups excluding carboxylic acids is 1. The van der Waals surface area contributed by atoms with E-state index in [-0.39, 0.29) is 5.91 Å².